The van der Waals surface area contributed by atoms with Crippen molar-refractivity contribution in [1.82, 2.24) is 0 Å². The van der Waals surface area contributed by atoms with Crippen LogP contribution in [0.2, 0.25) is 5.02 Å². The van der Waals surface area contributed by atoms with Gasteiger partial charge in [0.1, 0.15) is 12.4 Å². The normalized spacial score (nSPS) is 11.2. The molecular weight excluding hydrogens is 331 g/mol. The van der Waals surface area contributed by atoms with Crippen molar-refractivity contribution in [3.63, 3.8) is 0 Å². The molecule has 0 unspecified atom stereocenters. The first-order valence-corrected chi connectivity index (χ1v) is 8.46. The number of rotatable bonds is 4. The lowest BCUT2D eigenvalue weighted by atomic mass is 10.2. The van der Waals surface area contributed by atoms with Crippen molar-refractivity contribution in [2.24, 2.45) is 0 Å². The highest BCUT2D eigenvalue weighted by molar-refractivity contribution is 7.90. The van der Waals surface area contributed by atoms with E-state index in [-0.39, 0.29) is 27.7 Å². The minimum atomic E-state index is -3.48. The van der Waals surface area contributed by atoms with Gasteiger partial charge in [-0.05, 0) is 24.3 Å². The maximum absolute atomic E-state index is 13.4. The van der Waals surface area contributed by atoms with Crippen molar-refractivity contribution < 1.29 is 22.3 Å². The Labute approximate surface area is 132 Å². The van der Waals surface area contributed by atoms with Gasteiger partial charge in [0.2, 0.25) is 0 Å². The Bertz CT molecular complexity index is 818. The Morgan fingerprint density at radius 3 is 2.55 bits per heavy atom. The molecule has 0 aliphatic rings. The number of benzene rings is 2. The molecule has 0 fully saturated rings. The van der Waals surface area contributed by atoms with Gasteiger partial charge >= 0.3 is 5.97 Å². The molecule has 4 nitrogen and oxygen atoms in total. The molecule has 2 aromatic rings. The Morgan fingerprint density at radius 1 is 1.23 bits per heavy atom. The van der Waals surface area contributed by atoms with E-state index in [2.05, 4.69) is 0 Å². The summed E-state index contributed by atoms with van der Waals surface area (Å²) in [5.41, 5.74) is 0.132. The van der Waals surface area contributed by atoms with E-state index < -0.39 is 21.6 Å². The van der Waals surface area contributed by atoms with E-state index in [0.29, 0.717) is 0 Å². The van der Waals surface area contributed by atoms with Gasteiger partial charge < -0.3 is 4.74 Å². The molecular formula is C15H12ClFO4S. The molecule has 0 radical (unpaired) electrons. The summed E-state index contributed by atoms with van der Waals surface area (Å²) in [6.45, 7) is -0.273. The fourth-order valence-electron chi connectivity index (χ4n) is 1.73. The Kier molecular flexibility index (Phi) is 4.83. The fourth-order valence-corrected chi connectivity index (χ4v) is 2.57. The average Bonchev–Trinajstić information content (AvgIpc) is 2.45. The number of carbonyl (C=O) groups is 1. The monoisotopic (exact) mass is 342 g/mol. The van der Waals surface area contributed by atoms with E-state index in [1.807, 2.05) is 0 Å². The van der Waals surface area contributed by atoms with Crippen LogP contribution in [0.15, 0.2) is 47.4 Å². The third-order valence-corrected chi connectivity index (χ3v) is 4.34. The number of hydrogen-bond donors (Lipinski definition) is 0. The van der Waals surface area contributed by atoms with Crippen LogP contribution in [0.5, 0.6) is 0 Å². The van der Waals surface area contributed by atoms with Crippen molar-refractivity contribution in [3.05, 3.63) is 64.4 Å². The summed E-state index contributed by atoms with van der Waals surface area (Å²) < 4.78 is 41.4. The van der Waals surface area contributed by atoms with E-state index in [9.17, 15) is 17.6 Å². The van der Waals surface area contributed by atoms with Crippen LogP contribution in [0.25, 0.3) is 0 Å². The molecule has 0 aromatic heterocycles. The molecule has 22 heavy (non-hydrogen) atoms. The Morgan fingerprint density at radius 2 is 1.91 bits per heavy atom. The highest BCUT2D eigenvalue weighted by atomic mass is 35.5. The minimum absolute atomic E-state index is 0.0465. The van der Waals surface area contributed by atoms with Crippen LogP contribution in [-0.4, -0.2) is 20.6 Å². The summed E-state index contributed by atoms with van der Waals surface area (Å²) in [4.78, 5) is 12.0. The lowest BCUT2D eigenvalue weighted by Gasteiger charge is -2.08. The van der Waals surface area contributed by atoms with Gasteiger partial charge in [-0.3, -0.25) is 0 Å². The van der Waals surface area contributed by atoms with Crippen LogP contribution in [0.3, 0.4) is 0 Å². The maximum Gasteiger partial charge on any atom is 0.340 e. The molecule has 0 aliphatic heterocycles. The van der Waals surface area contributed by atoms with Crippen LogP contribution in [0.1, 0.15) is 15.9 Å². The van der Waals surface area contributed by atoms with Crippen molar-refractivity contribution in [2.75, 3.05) is 6.26 Å². The molecule has 2 aromatic carbocycles. The number of hydrogen-bond acceptors (Lipinski definition) is 4. The average molecular weight is 343 g/mol. The summed E-state index contributed by atoms with van der Waals surface area (Å²) in [7, 11) is -3.48. The quantitative estimate of drug-likeness (QED) is 0.800. The van der Waals surface area contributed by atoms with Gasteiger partial charge in [-0.25, -0.2) is 17.6 Å². The van der Waals surface area contributed by atoms with Crippen LogP contribution in [-0.2, 0) is 21.2 Å². The molecule has 0 amide bonds. The maximum atomic E-state index is 13.4. The van der Waals surface area contributed by atoms with Gasteiger partial charge in [0.15, 0.2) is 9.84 Å². The summed E-state index contributed by atoms with van der Waals surface area (Å²) in [5.74, 6) is -1.31. The zero-order chi connectivity index (χ0) is 16.3. The SMILES string of the molecule is CS(=O)(=O)c1ccc(Cl)c(C(=O)OCc2ccccc2F)c1. The summed E-state index contributed by atoms with van der Waals surface area (Å²) >= 11 is 5.88. The summed E-state index contributed by atoms with van der Waals surface area (Å²) in [6.07, 6.45) is 1.02. The summed E-state index contributed by atoms with van der Waals surface area (Å²) in [5, 5.41) is 0.0610. The third kappa shape index (κ3) is 3.84. The predicted octanol–water partition coefficient (Wildman–Crippen LogP) is 3.24. The molecule has 0 N–H and O–H groups in total. The van der Waals surface area contributed by atoms with Crippen molar-refractivity contribution in [3.8, 4) is 0 Å². The number of carbonyl (C=O) groups excluding carboxylic acids is 1. The van der Waals surface area contributed by atoms with Crippen LogP contribution >= 0.6 is 11.6 Å². The molecule has 116 valence electrons. The van der Waals surface area contributed by atoms with Gasteiger partial charge in [-0.1, -0.05) is 29.8 Å². The van der Waals surface area contributed by atoms with Crippen molar-refractivity contribution in [1.29, 1.82) is 0 Å². The lowest BCUT2D eigenvalue weighted by Crippen LogP contribution is -2.08. The van der Waals surface area contributed by atoms with Crippen LogP contribution < -0.4 is 0 Å². The number of ether oxygens (including phenoxy) is 1. The second-order valence-electron chi connectivity index (χ2n) is 4.58. The second kappa shape index (κ2) is 6.46. The largest absolute Gasteiger partial charge is 0.457 e. The second-order valence-corrected chi connectivity index (χ2v) is 7.00. The van der Waals surface area contributed by atoms with Gasteiger partial charge in [-0.2, -0.15) is 0 Å². The molecule has 0 heterocycles. The molecule has 0 saturated heterocycles. The third-order valence-electron chi connectivity index (χ3n) is 2.90. The highest BCUT2D eigenvalue weighted by Gasteiger charge is 2.17. The topological polar surface area (TPSA) is 60.4 Å². The van der Waals surface area contributed by atoms with E-state index in [4.69, 9.17) is 16.3 Å². The number of esters is 1. The molecule has 0 bridgehead atoms. The molecule has 2 rings (SSSR count). The highest BCUT2D eigenvalue weighted by Crippen LogP contribution is 2.22. The first kappa shape index (κ1) is 16.5. The van der Waals surface area contributed by atoms with Gasteiger partial charge in [0.05, 0.1) is 15.5 Å². The lowest BCUT2D eigenvalue weighted by molar-refractivity contribution is 0.0469. The molecule has 0 spiro atoms. The van der Waals surface area contributed by atoms with Gasteiger partial charge in [0.25, 0.3) is 0 Å². The molecule has 0 aliphatic carbocycles. The first-order valence-electron chi connectivity index (χ1n) is 6.19. The molecule has 0 saturated carbocycles. The van der Waals surface area contributed by atoms with E-state index in [0.717, 1.165) is 12.3 Å². The zero-order valence-electron chi connectivity index (χ0n) is 11.5. The first-order chi connectivity index (χ1) is 10.3. The number of sulfone groups is 1. The van der Waals surface area contributed by atoms with E-state index in [1.165, 1.54) is 30.3 Å². The Hall–Kier alpha value is -1.92. The minimum Gasteiger partial charge on any atom is -0.457 e. The Balaban J connectivity index is 2.21. The van der Waals surface area contributed by atoms with Crippen LogP contribution in [0, 0.1) is 5.82 Å². The predicted molar refractivity (Wildman–Crippen MR) is 80.1 cm³/mol. The van der Waals surface area contributed by atoms with Gasteiger partial charge in [0, 0.05) is 11.8 Å². The van der Waals surface area contributed by atoms with Crippen LogP contribution in [0.4, 0.5) is 4.39 Å². The standard InChI is InChI=1S/C15H12ClFO4S/c1-22(19,20)11-6-7-13(16)12(8-11)15(18)21-9-10-4-2-3-5-14(10)17/h2-8H,9H2,1H3. The fraction of sp³-hybridized carbons (Fsp3) is 0.133. The molecule has 0 atom stereocenters. The van der Waals surface area contributed by atoms with E-state index in [1.54, 1.807) is 6.07 Å². The van der Waals surface area contributed by atoms with Crippen molar-refractivity contribution in [2.45, 2.75) is 11.5 Å². The smallest absolute Gasteiger partial charge is 0.340 e. The summed E-state index contributed by atoms with van der Waals surface area (Å²) in [6, 6.07) is 9.61. The zero-order valence-corrected chi connectivity index (χ0v) is 13.1. The van der Waals surface area contributed by atoms with Crippen molar-refractivity contribution >= 4 is 27.4 Å². The van der Waals surface area contributed by atoms with Gasteiger partial charge in [-0.15, -0.1) is 0 Å². The van der Waals surface area contributed by atoms with E-state index >= 15 is 0 Å². The molecule has 7 heteroatoms. The number of halogens is 2.